The number of hydrogen-bond acceptors (Lipinski definition) is 6. The van der Waals surface area contributed by atoms with Crippen molar-refractivity contribution in [2.75, 3.05) is 29.0 Å². The summed E-state index contributed by atoms with van der Waals surface area (Å²) in [6.45, 7) is 7.20. The summed E-state index contributed by atoms with van der Waals surface area (Å²) in [5, 5.41) is 3.24. The van der Waals surface area contributed by atoms with Crippen molar-refractivity contribution >= 4 is 43.9 Å². The molecule has 7 nitrogen and oxygen atoms in total. The van der Waals surface area contributed by atoms with Gasteiger partial charge in [0.1, 0.15) is 11.5 Å². The minimum Gasteiger partial charge on any atom is -0.462 e. The molecule has 0 saturated heterocycles. The Balaban J connectivity index is 1.93. The highest BCUT2D eigenvalue weighted by atomic mass is 32.2. The van der Waals surface area contributed by atoms with Crippen molar-refractivity contribution in [2.45, 2.75) is 53.4 Å². The average Bonchev–Trinajstić information content (AvgIpc) is 3.03. The third kappa shape index (κ3) is 5.15. The number of sulfonamides is 1. The maximum absolute atomic E-state index is 13.0. The Labute approximate surface area is 193 Å². The average molecular weight is 479 g/mol. The van der Waals surface area contributed by atoms with Gasteiger partial charge in [0.05, 0.1) is 24.1 Å². The molecule has 0 unspecified atom stereocenters. The SMILES string of the molecule is CCOC(=O)c1c(NC(=O)CN(c2c(C)cc(C)cc2C)S(C)(=O)=O)sc2c1CCCC2. The maximum Gasteiger partial charge on any atom is 0.341 e. The summed E-state index contributed by atoms with van der Waals surface area (Å²) in [7, 11) is -3.72. The minimum atomic E-state index is -3.72. The van der Waals surface area contributed by atoms with Crippen LogP contribution in [0.15, 0.2) is 12.1 Å². The molecule has 9 heteroatoms. The van der Waals surface area contributed by atoms with Crippen molar-refractivity contribution in [3.05, 3.63) is 44.8 Å². The largest absolute Gasteiger partial charge is 0.462 e. The van der Waals surface area contributed by atoms with Crippen LogP contribution >= 0.6 is 11.3 Å². The van der Waals surface area contributed by atoms with Crippen LogP contribution in [0.2, 0.25) is 0 Å². The van der Waals surface area contributed by atoms with Gasteiger partial charge in [-0.25, -0.2) is 13.2 Å². The van der Waals surface area contributed by atoms with Gasteiger partial charge in [-0.15, -0.1) is 11.3 Å². The number of carbonyl (C=O) groups is 2. The molecule has 1 heterocycles. The molecular formula is C23H30N2O5S2. The lowest BCUT2D eigenvalue weighted by Gasteiger charge is -2.26. The molecule has 1 aromatic heterocycles. The molecule has 174 valence electrons. The van der Waals surface area contributed by atoms with Gasteiger partial charge in [-0.3, -0.25) is 9.10 Å². The number of carbonyl (C=O) groups excluding carboxylic acids is 2. The van der Waals surface area contributed by atoms with Crippen LogP contribution in [0.5, 0.6) is 0 Å². The second-order valence-corrected chi connectivity index (χ2v) is 11.2. The molecular weight excluding hydrogens is 448 g/mol. The standard InChI is InChI=1S/C23H30N2O5S2/c1-6-30-23(27)20-17-9-7-8-10-18(17)31-22(20)24-19(26)13-25(32(5,28)29)21-15(3)11-14(2)12-16(21)4/h11-12H,6-10,13H2,1-5H3,(H,24,26). The monoisotopic (exact) mass is 478 g/mol. The van der Waals surface area contributed by atoms with Gasteiger partial charge in [0.2, 0.25) is 15.9 Å². The van der Waals surface area contributed by atoms with Gasteiger partial charge in [-0.1, -0.05) is 17.7 Å². The smallest absolute Gasteiger partial charge is 0.341 e. The van der Waals surface area contributed by atoms with Gasteiger partial charge < -0.3 is 10.1 Å². The molecule has 0 fully saturated rings. The van der Waals surface area contributed by atoms with Gasteiger partial charge in [-0.2, -0.15) is 0 Å². The number of nitrogens with one attached hydrogen (secondary N) is 1. The summed E-state index contributed by atoms with van der Waals surface area (Å²) in [4.78, 5) is 26.7. The van der Waals surface area contributed by atoms with E-state index in [4.69, 9.17) is 4.74 Å². The van der Waals surface area contributed by atoms with Gasteiger partial charge >= 0.3 is 5.97 Å². The van der Waals surface area contributed by atoms with Gasteiger partial charge in [0.15, 0.2) is 0 Å². The van der Waals surface area contributed by atoms with Crippen LogP contribution in [0.1, 0.15) is 57.3 Å². The summed E-state index contributed by atoms with van der Waals surface area (Å²) in [6, 6.07) is 3.79. The highest BCUT2D eigenvalue weighted by Crippen LogP contribution is 2.38. The number of ether oxygens (including phenoxy) is 1. The first kappa shape index (κ1) is 24.3. The molecule has 2 aromatic rings. The first-order valence-corrected chi connectivity index (χ1v) is 13.4. The molecule has 0 aliphatic heterocycles. The van der Waals surface area contributed by atoms with Crippen LogP contribution in [-0.2, 0) is 32.4 Å². The van der Waals surface area contributed by atoms with E-state index in [0.717, 1.165) is 63.4 Å². The number of benzene rings is 1. The van der Waals surface area contributed by atoms with Gasteiger partial charge in [0.25, 0.3) is 0 Å². The second kappa shape index (κ2) is 9.62. The van der Waals surface area contributed by atoms with E-state index in [1.165, 1.54) is 11.3 Å². The number of rotatable bonds is 7. The summed E-state index contributed by atoms with van der Waals surface area (Å²) in [5.74, 6) is -0.952. The van der Waals surface area contributed by atoms with Gasteiger partial charge in [-0.05, 0) is 70.1 Å². The van der Waals surface area contributed by atoms with E-state index in [-0.39, 0.29) is 13.2 Å². The third-order valence-electron chi connectivity index (χ3n) is 5.48. The lowest BCUT2D eigenvalue weighted by molar-refractivity contribution is -0.114. The van der Waals surface area contributed by atoms with E-state index in [9.17, 15) is 18.0 Å². The van der Waals surface area contributed by atoms with Crippen LogP contribution in [0.25, 0.3) is 0 Å². The van der Waals surface area contributed by atoms with Crippen molar-refractivity contribution in [2.24, 2.45) is 0 Å². The summed E-state index contributed by atoms with van der Waals surface area (Å²) < 4.78 is 31.6. The molecule has 1 amide bonds. The molecule has 1 aliphatic carbocycles. The van der Waals surface area contributed by atoms with E-state index in [2.05, 4.69) is 5.32 Å². The van der Waals surface area contributed by atoms with Gasteiger partial charge in [0, 0.05) is 4.88 Å². The number of hydrogen-bond donors (Lipinski definition) is 1. The quantitative estimate of drug-likeness (QED) is 0.604. The van der Waals surface area contributed by atoms with Crippen molar-refractivity contribution < 1.29 is 22.7 Å². The molecule has 0 spiro atoms. The summed E-state index contributed by atoms with van der Waals surface area (Å²) >= 11 is 1.38. The number of thiophene rings is 1. The maximum atomic E-state index is 13.0. The Morgan fingerprint density at radius 3 is 2.34 bits per heavy atom. The predicted molar refractivity (Wildman–Crippen MR) is 128 cm³/mol. The second-order valence-electron chi connectivity index (χ2n) is 8.20. The molecule has 0 atom stereocenters. The third-order valence-corrected chi connectivity index (χ3v) is 7.80. The van der Waals surface area contributed by atoms with E-state index in [1.807, 2.05) is 32.9 Å². The topological polar surface area (TPSA) is 92.8 Å². The van der Waals surface area contributed by atoms with Crippen LogP contribution in [0.4, 0.5) is 10.7 Å². The highest BCUT2D eigenvalue weighted by Gasteiger charge is 2.29. The molecule has 1 N–H and O–H groups in total. The zero-order chi connectivity index (χ0) is 23.6. The Bertz CT molecular complexity index is 1130. The lowest BCUT2D eigenvalue weighted by atomic mass is 9.95. The minimum absolute atomic E-state index is 0.241. The lowest BCUT2D eigenvalue weighted by Crippen LogP contribution is -2.38. The predicted octanol–water partition coefficient (Wildman–Crippen LogP) is 4.13. The Morgan fingerprint density at radius 1 is 1.12 bits per heavy atom. The summed E-state index contributed by atoms with van der Waals surface area (Å²) in [5.41, 5.74) is 4.43. The number of aryl methyl sites for hydroxylation is 4. The highest BCUT2D eigenvalue weighted by molar-refractivity contribution is 7.92. The number of nitrogens with zero attached hydrogens (tertiary/aromatic N) is 1. The van der Waals surface area contributed by atoms with E-state index in [0.29, 0.717) is 16.3 Å². The van der Waals surface area contributed by atoms with Crippen LogP contribution in [0, 0.1) is 20.8 Å². The molecule has 1 aromatic carbocycles. The molecule has 0 bridgehead atoms. The Hall–Kier alpha value is -2.39. The van der Waals surface area contributed by atoms with Crippen molar-refractivity contribution in [3.8, 4) is 0 Å². The fourth-order valence-corrected chi connectivity index (χ4v) is 6.56. The van der Waals surface area contributed by atoms with Crippen molar-refractivity contribution in [3.63, 3.8) is 0 Å². The van der Waals surface area contributed by atoms with Crippen LogP contribution < -0.4 is 9.62 Å². The van der Waals surface area contributed by atoms with Crippen molar-refractivity contribution in [1.29, 1.82) is 0 Å². The number of fused-ring (bicyclic) bond motifs is 1. The van der Waals surface area contributed by atoms with Crippen LogP contribution in [0.3, 0.4) is 0 Å². The molecule has 0 saturated carbocycles. The Kier molecular flexibility index (Phi) is 7.29. The Morgan fingerprint density at radius 2 is 1.75 bits per heavy atom. The van der Waals surface area contributed by atoms with E-state index >= 15 is 0 Å². The number of amides is 1. The van der Waals surface area contributed by atoms with Crippen LogP contribution in [-0.4, -0.2) is 39.7 Å². The zero-order valence-corrected chi connectivity index (χ0v) is 20.8. The zero-order valence-electron chi connectivity index (χ0n) is 19.2. The van der Waals surface area contributed by atoms with E-state index in [1.54, 1.807) is 6.92 Å². The molecule has 32 heavy (non-hydrogen) atoms. The fourth-order valence-electron chi connectivity index (χ4n) is 4.30. The number of anilines is 2. The summed E-state index contributed by atoms with van der Waals surface area (Å²) in [6.07, 6.45) is 4.74. The number of esters is 1. The first-order valence-electron chi connectivity index (χ1n) is 10.7. The fraction of sp³-hybridized carbons (Fsp3) is 0.478. The first-order chi connectivity index (χ1) is 15.0. The molecule has 1 aliphatic rings. The van der Waals surface area contributed by atoms with Crippen molar-refractivity contribution in [1.82, 2.24) is 0 Å². The molecule has 0 radical (unpaired) electrons. The van der Waals surface area contributed by atoms with E-state index < -0.39 is 21.9 Å². The molecule has 3 rings (SSSR count). The normalized spacial score (nSPS) is 13.4.